The van der Waals surface area contributed by atoms with Gasteiger partial charge < -0.3 is 20.4 Å². The van der Waals surface area contributed by atoms with E-state index in [9.17, 15) is 8.78 Å². The molecule has 0 radical (unpaired) electrons. The highest BCUT2D eigenvalue weighted by atomic mass is 19.1. The van der Waals surface area contributed by atoms with E-state index in [-0.39, 0.29) is 6.10 Å². The molecular weight excluding hydrogens is 460 g/mol. The Morgan fingerprint density at radius 2 is 1.89 bits per heavy atom. The minimum atomic E-state index is -0.630. The van der Waals surface area contributed by atoms with Crippen molar-refractivity contribution in [2.75, 3.05) is 31.1 Å². The summed E-state index contributed by atoms with van der Waals surface area (Å²) in [7, 11) is 0. The van der Waals surface area contributed by atoms with Gasteiger partial charge in [-0.25, -0.2) is 8.78 Å². The van der Waals surface area contributed by atoms with Gasteiger partial charge in [-0.1, -0.05) is 12.1 Å². The number of rotatable bonds is 4. The van der Waals surface area contributed by atoms with Crippen LogP contribution in [-0.2, 0) is 4.74 Å². The van der Waals surface area contributed by atoms with Crippen LogP contribution in [0.3, 0.4) is 0 Å². The monoisotopic (exact) mass is 485 g/mol. The number of hydrogen-bond acceptors (Lipinski definition) is 6. The molecule has 4 heterocycles. The summed E-state index contributed by atoms with van der Waals surface area (Å²) < 4.78 is 34.6. The molecule has 2 aliphatic heterocycles. The summed E-state index contributed by atoms with van der Waals surface area (Å²) in [5, 5.41) is 12.2. The highest BCUT2D eigenvalue weighted by molar-refractivity contribution is 6.02. The van der Waals surface area contributed by atoms with Crippen molar-refractivity contribution in [1.29, 1.82) is 5.41 Å². The Balaban J connectivity index is 1.56. The summed E-state index contributed by atoms with van der Waals surface area (Å²) in [6.45, 7) is 2.93. The van der Waals surface area contributed by atoms with Crippen LogP contribution in [0.2, 0.25) is 0 Å². The van der Waals surface area contributed by atoms with Crippen LogP contribution >= 0.6 is 0 Å². The second kappa shape index (κ2) is 9.37. The molecule has 182 valence electrons. The summed E-state index contributed by atoms with van der Waals surface area (Å²) in [6.07, 6.45) is 5.52. The van der Waals surface area contributed by atoms with Crippen LogP contribution in [0.1, 0.15) is 12.1 Å². The van der Waals surface area contributed by atoms with Crippen molar-refractivity contribution in [2.24, 2.45) is 0 Å². The molecular formula is C28H25F2N5O. The van der Waals surface area contributed by atoms with Gasteiger partial charge in [0.2, 0.25) is 0 Å². The summed E-state index contributed by atoms with van der Waals surface area (Å²) >= 11 is 0. The second-order valence-corrected chi connectivity index (χ2v) is 9.20. The minimum Gasteiger partial charge on any atom is -0.373 e. The molecule has 0 saturated carbocycles. The highest BCUT2D eigenvalue weighted by Gasteiger charge is 2.33. The number of anilines is 1. The quantitative estimate of drug-likeness (QED) is 0.406. The average molecular weight is 486 g/mol. The van der Waals surface area contributed by atoms with Gasteiger partial charge >= 0.3 is 0 Å². The Morgan fingerprint density at radius 1 is 1.03 bits per heavy atom. The van der Waals surface area contributed by atoms with Crippen molar-refractivity contribution in [3.63, 3.8) is 0 Å². The first-order valence-corrected chi connectivity index (χ1v) is 12.1. The van der Waals surface area contributed by atoms with Gasteiger partial charge in [-0.15, -0.1) is 0 Å². The number of benzene rings is 2. The van der Waals surface area contributed by atoms with Gasteiger partial charge in [-0.2, -0.15) is 0 Å². The van der Waals surface area contributed by atoms with Gasteiger partial charge in [0.15, 0.2) is 0 Å². The number of halogens is 2. The fourth-order valence-corrected chi connectivity index (χ4v) is 5.36. The number of morpholine rings is 1. The lowest BCUT2D eigenvalue weighted by molar-refractivity contribution is -0.00896. The van der Waals surface area contributed by atoms with E-state index in [1.165, 1.54) is 18.3 Å². The third-order valence-corrected chi connectivity index (χ3v) is 7.02. The molecule has 0 amide bonds. The summed E-state index contributed by atoms with van der Waals surface area (Å²) in [5.74, 6) is -1.26. The smallest absolute Gasteiger partial charge is 0.126 e. The van der Waals surface area contributed by atoms with E-state index in [1.807, 2.05) is 30.3 Å². The SMILES string of the molecule is N=Cc1ncccc1-c1ccc2ncc(-c3cc(F)cc(F)c3)c(N3CCC4NCCO[C@@H]4C3)c2c1. The van der Waals surface area contributed by atoms with Crippen LogP contribution < -0.4 is 10.2 Å². The van der Waals surface area contributed by atoms with Crippen LogP contribution in [0.4, 0.5) is 14.5 Å². The number of aromatic nitrogens is 2. The first-order valence-electron chi connectivity index (χ1n) is 12.1. The van der Waals surface area contributed by atoms with E-state index in [0.717, 1.165) is 53.3 Å². The Kier molecular flexibility index (Phi) is 5.91. The first-order chi connectivity index (χ1) is 17.6. The zero-order valence-corrected chi connectivity index (χ0v) is 19.5. The molecule has 2 aromatic heterocycles. The highest BCUT2D eigenvalue weighted by Crippen LogP contribution is 2.40. The second-order valence-electron chi connectivity index (χ2n) is 9.20. The topological polar surface area (TPSA) is 74.1 Å². The molecule has 6 rings (SSSR count). The predicted octanol–water partition coefficient (Wildman–Crippen LogP) is 4.81. The van der Waals surface area contributed by atoms with Crippen molar-refractivity contribution in [3.05, 3.63) is 78.3 Å². The molecule has 1 unspecified atom stereocenters. The molecule has 6 nitrogen and oxygen atoms in total. The number of hydrogen-bond donors (Lipinski definition) is 2. The van der Waals surface area contributed by atoms with E-state index >= 15 is 0 Å². The zero-order valence-electron chi connectivity index (χ0n) is 19.5. The molecule has 0 bridgehead atoms. The molecule has 2 fully saturated rings. The van der Waals surface area contributed by atoms with Gasteiger partial charge in [0, 0.05) is 66.9 Å². The number of pyridine rings is 2. The molecule has 4 aromatic rings. The maximum atomic E-state index is 14.3. The molecule has 2 saturated heterocycles. The van der Waals surface area contributed by atoms with Gasteiger partial charge in [0.1, 0.15) is 11.6 Å². The Bertz CT molecular complexity index is 1440. The fourth-order valence-electron chi connectivity index (χ4n) is 5.36. The van der Waals surface area contributed by atoms with Crippen molar-refractivity contribution in [1.82, 2.24) is 15.3 Å². The first kappa shape index (κ1) is 22.7. The predicted molar refractivity (Wildman–Crippen MR) is 137 cm³/mol. The van der Waals surface area contributed by atoms with Gasteiger partial charge in [0.25, 0.3) is 0 Å². The standard InChI is InChI=1S/C28H25F2N5O/c29-19-10-18(11-20(30)13-19)23-15-34-24-4-3-17(21-2-1-6-32-26(21)14-31)12-22(24)28(23)35-8-5-25-27(16-35)36-9-7-33-25/h1-4,6,10-15,25,27,31,33H,5,7-9,16H2/t25?,27-/m1/s1. The Hall–Kier alpha value is -3.75. The fraction of sp³-hybridized carbons (Fsp3) is 0.250. The molecule has 2 aliphatic rings. The number of piperidine rings is 1. The third-order valence-electron chi connectivity index (χ3n) is 7.02. The number of ether oxygens (including phenoxy) is 1. The van der Waals surface area contributed by atoms with Crippen LogP contribution in [0.15, 0.2) is 60.9 Å². The minimum absolute atomic E-state index is 0.0267. The molecule has 36 heavy (non-hydrogen) atoms. The van der Waals surface area contributed by atoms with E-state index in [1.54, 1.807) is 12.4 Å². The lowest BCUT2D eigenvalue weighted by Crippen LogP contribution is -2.57. The van der Waals surface area contributed by atoms with Gasteiger partial charge in [0.05, 0.1) is 29.6 Å². The van der Waals surface area contributed by atoms with Crippen molar-refractivity contribution >= 4 is 22.8 Å². The lowest BCUT2D eigenvalue weighted by atomic mass is 9.94. The Labute approximate surface area is 207 Å². The number of nitrogens with zero attached hydrogens (tertiary/aromatic N) is 3. The summed E-state index contributed by atoms with van der Waals surface area (Å²) in [5.41, 5.74) is 5.05. The normalized spacial score (nSPS) is 19.8. The maximum absolute atomic E-state index is 14.3. The van der Waals surface area contributed by atoms with Crippen LogP contribution in [-0.4, -0.2) is 54.6 Å². The summed E-state index contributed by atoms with van der Waals surface area (Å²) in [6, 6.07) is 13.6. The largest absolute Gasteiger partial charge is 0.373 e. The van der Waals surface area contributed by atoms with Crippen molar-refractivity contribution in [3.8, 4) is 22.3 Å². The molecule has 2 aromatic carbocycles. The van der Waals surface area contributed by atoms with Gasteiger partial charge in [-0.3, -0.25) is 9.97 Å². The number of fused-ring (bicyclic) bond motifs is 2. The average Bonchev–Trinajstić information content (AvgIpc) is 2.91. The molecule has 0 spiro atoms. The van der Waals surface area contributed by atoms with E-state index in [2.05, 4.69) is 20.2 Å². The van der Waals surface area contributed by atoms with Crippen molar-refractivity contribution < 1.29 is 13.5 Å². The van der Waals surface area contributed by atoms with Crippen LogP contribution in [0.25, 0.3) is 33.2 Å². The number of nitrogens with one attached hydrogen (secondary N) is 2. The van der Waals surface area contributed by atoms with Crippen LogP contribution in [0, 0.1) is 17.0 Å². The van der Waals surface area contributed by atoms with Crippen LogP contribution in [0.5, 0.6) is 0 Å². The van der Waals surface area contributed by atoms with E-state index in [0.29, 0.717) is 36.0 Å². The molecule has 2 atom stereocenters. The zero-order chi connectivity index (χ0) is 24.6. The van der Waals surface area contributed by atoms with Crippen molar-refractivity contribution in [2.45, 2.75) is 18.6 Å². The lowest BCUT2D eigenvalue weighted by Gasteiger charge is -2.43. The molecule has 8 heteroatoms. The van der Waals surface area contributed by atoms with Gasteiger partial charge in [-0.05, 0) is 47.9 Å². The summed E-state index contributed by atoms with van der Waals surface area (Å²) in [4.78, 5) is 11.2. The van der Waals surface area contributed by atoms with E-state index < -0.39 is 11.6 Å². The third kappa shape index (κ3) is 4.12. The van der Waals surface area contributed by atoms with E-state index in [4.69, 9.17) is 10.1 Å². The molecule has 0 aliphatic carbocycles. The maximum Gasteiger partial charge on any atom is 0.126 e. The molecule has 2 N–H and O–H groups in total. The Morgan fingerprint density at radius 3 is 2.72 bits per heavy atom.